The average molecular weight is 706 g/mol. The van der Waals surface area contributed by atoms with Crippen molar-refractivity contribution in [1.82, 2.24) is 24.9 Å². The van der Waals surface area contributed by atoms with Gasteiger partial charge in [0.1, 0.15) is 20.4 Å². The molecule has 11 heteroatoms. The van der Waals surface area contributed by atoms with Crippen LogP contribution in [0.25, 0.3) is 16.9 Å². The number of imidazole rings is 1. The van der Waals surface area contributed by atoms with Gasteiger partial charge in [-0.2, -0.15) is 4.52 Å². The van der Waals surface area contributed by atoms with Gasteiger partial charge in [0.2, 0.25) is 0 Å². The molecule has 0 spiro atoms. The quantitative estimate of drug-likeness (QED) is 0.179. The summed E-state index contributed by atoms with van der Waals surface area (Å²) in [5.74, 6) is 1.43. The van der Waals surface area contributed by atoms with Gasteiger partial charge in [0.05, 0.1) is 23.5 Å². The van der Waals surface area contributed by atoms with Crippen molar-refractivity contribution in [2.75, 3.05) is 36.5 Å². The van der Waals surface area contributed by atoms with E-state index in [9.17, 15) is 9.50 Å². The number of hydrogen-bond acceptors (Lipinski definition) is 8. The first-order valence-corrected chi connectivity index (χ1v) is 19.9. The highest BCUT2D eigenvalue weighted by Gasteiger charge is 2.35. The maximum atomic E-state index is 13.5. The Morgan fingerprint density at radius 3 is 2.48 bits per heavy atom. The molecule has 258 valence electrons. The van der Waals surface area contributed by atoms with E-state index < -0.39 is 14.9 Å². The van der Waals surface area contributed by atoms with Gasteiger partial charge in [0.25, 0.3) is 0 Å². The van der Waals surface area contributed by atoms with Crippen molar-refractivity contribution in [2.24, 2.45) is 0 Å². The number of aryl methyl sites for hydroxylation is 1. The van der Waals surface area contributed by atoms with Crippen LogP contribution in [0, 0.1) is 5.82 Å². The summed E-state index contributed by atoms with van der Waals surface area (Å²) >= 11 is 1.53. The van der Waals surface area contributed by atoms with E-state index in [1.165, 1.54) is 33.8 Å². The van der Waals surface area contributed by atoms with Crippen LogP contribution in [0.1, 0.15) is 45.1 Å². The number of benzene rings is 3. The number of rotatable bonds is 9. The van der Waals surface area contributed by atoms with Crippen molar-refractivity contribution in [3.63, 3.8) is 0 Å². The minimum atomic E-state index is -1.70. The predicted molar refractivity (Wildman–Crippen MR) is 206 cm³/mol. The zero-order valence-electron chi connectivity index (χ0n) is 29.2. The van der Waals surface area contributed by atoms with E-state index in [1.54, 1.807) is 12.1 Å². The highest BCUT2D eigenvalue weighted by molar-refractivity contribution is 7.14. The zero-order valence-corrected chi connectivity index (χ0v) is 31.2. The van der Waals surface area contributed by atoms with E-state index in [-0.39, 0.29) is 16.9 Å². The molecule has 4 heterocycles. The molecule has 3 unspecified atom stereocenters. The van der Waals surface area contributed by atoms with E-state index >= 15 is 0 Å². The number of piperazine rings is 1. The van der Waals surface area contributed by atoms with Gasteiger partial charge < -0.3 is 20.2 Å². The maximum Gasteiger partial charge on any atom is 0.191 e. The van der Waals surface area contributed by atoms with Crippen LogP contribution >= 0.6 is 11.3 Å². The maximum absolute atomic E-state index is 13.5. The summed E-state index contributed by atoms with van der Waals surface area (Å²) < 4.78 is 15.5. The largest absolute Gasteiger partial charge is 0.387 e. The molecule has 6 aromatic rings. The Morgan fingerprint density at radius 1 is 1.00 bits per heavy atom. The molecule has 1 aliphatic rings. The minimum absolute atomic E-state index is 0.0801. The smallest absolute Gasteiger partial charge is 0.191 e. The van der Waals surface area contributed by atoms with Crippen molar-refractivity contribution >= 4 is 52.9 Å². The molecule has 50 heavy (non-hydrogen) atoms. The number of nitrogens with one attached hydrogen (secondary N) is 1. The molecular formula is C39H44FN7OSSi. The molecule has 1 saturated heterocycles. The molecule has 0 radical (unpaired) electrons. The Morgan fingerprint density at radius 2 is 1.74 bits per heavy atom. The van der Waals surface area contributed by atoms with Crippen LogP contribution < -0.4 is 25.5 Å². The third kappa shape index (κ3) is 6.70. The van der Waals surface area contributed by atoms with Crippen LogP contribution in [0.15, 0.2) is 96.4 Å². The van der Waals surface area contributed by atoms with E-state index in [0.717, 1.165) is 64.4 Å². The third-order valence-electron chi connectivity index (χ3n) is 9.62. The predicted octanol–water partition coefficient (Wildman–Crippen LogP) is 5.98. The topological polar surface area (TPSA) is 81.8 Å². The fraction of sp³-hybridized carbons (Fsp3) is 0.308. The van der Waals surface area contributed by atoms with Gasteiger partial charge >= 0.3 is 0 Å². The Kier molecular flexibility index (Phi) is 9.58. The Labute approximate surface area is 298 Å². The van der Waals surface area contributed by atoms with Crippen molar-refractivity contribution < 1.29 is 9.50 Å². The molecule has 8 nitrogen and oxygen atoms in total. The molecule has 0 saturated carbocycles. The summed E-state index contributed by atoms with van der Waals surface area (Å²) in [4.78, 5) is 14.1. The summed E-state index contributed by atoms with van der Waals surface area (Å²) in [5.41, 5.74) is 4.37. The minimum Gasteiger partial charge on any atom is -0.387 e. The number of fused-ring (bicyclic) bond motifs is 1. The SMILES string of the molecule is CCc1nc2ccc(N3CCNC(C(O)c4ccccc4[SiH](c4ccccc4)C(C)(C)C)C3)nn2c1N(C)c1nc(-c2ccc(F)cc2)cs1. The van der Waals surface area contributed by atoms with Crippen LogP contribution in [0.2, 0.25) is 5.04 Å². The lowest BCUT2D eigenvalue weighted by atomic mass is 10.00. The monoisotopic (exact) mass is 705 g/mol. The van der Waals surface area contributed by atoms with Crippen molar-refractivity contribution in [3.8, 4) is 11.3 Å². The molecule has 7 rings (SSSR count). The number of halogens is 1. The van der Waals surface area contributed by atoms with Crippen molar-refractivity contribution in [1.29, 1.82) is 0 Å². The van der Waals surface area contributed by atoms with Crippen LogP contribution in [-0.4, -0.2) is 66.2 Å². The highest BCUT2D eigenvalue weighted by atomic mass is 32.1. The van der Waals surface area contributed by atoms with Crippen LogP contribution in [0.5, 0.6) is 0 Å². The molecule has 2 N–H and O–H groups in total. The van der Waals surface area contributed by atoms with Gasteiger partial charge in [-0.05, 0) is 53.4 Å². The average Bonchev–Trinajstić information content (AvgIpc) is 3.77. The summed E-state index contributed by atoms with van der Waals surface area (Å²) in [7, 11) is 0.288. The standard InChI is InChI=1S/C39H44FN7OSSi/c1-6-30-37(45(5)38-43-32(25-49-38)26-16-18-27(40)19-17-26)47-34(42-30)20-21-35(44-47)46-23-22-41-31(24-46)36(48)29-14-10-11-15-33(29)50(39(2,3)4)28-12-8-7-9-13-28/h7-21,25,31,36,41,48,50H,6,22-24H2,1-5H3. The van der Waals surface area contributed by atoms with E-state index in [2.05, 4.69) is 86.4 Å². The van der Waals surface area contributed by atoms with Gasteiger partial charge in [-0.3, -0.25) is 0 Å². The molecule has 1 fully saturated rings. The lowest BCUT2D eigenvalue weighted by Gasteiger charge is -2.38. The first kappa shape index (κ1) is 34.0. The first-order valence-electron chi connectivity index (χ1n) is 17.3. The van der Waals surface area contributed by atoms with Gasteiger partial charge in [0.15, 0.2) is 16.6 Å². The molecule has 1 aliphatic heterocycles. The molecular weight excluding hydrogens is 662 g/mol. The summed E-state index contributed by atoms with van der Waals surface area (Å²) in [6.07, 6.45) is 0.0539. The van der Waals surface area contributed by atoms with Gasteiger partial charge in [-0.25, -0.2) is 14.4 Å². The normalized spacial score (nSPS) is 16.5. The fourth-order valence-electron chi connectivity index (χ4n) is 7.21. The lowest BCUT2D eigenvalue weighted by Crippen LogP contribution is -2.56. The van der Waals surface area contributed by atoms with E-state index in [0.29, 0.717) is 6.54 Å². The van der Waals surface area contributed by atoms with Crippen molar-refractivity contribution in [3.05, 3.63) is 113 Å². The summed E-state index contributed by atoms with van der Waals surface area (Å²) in [6, 6.07) is 29.6. The number of aromatic nitrogens is 4. The third-order valence-corrected chi connectivity index (χ3v) is 14.5. The first-order chi connectivity index (χ1) is 24.1. The number of nitrogens with zero attached hydrogens (tertiary/aromatic N) is 6. The molecule has 3 aromatic heterocycles. The second-order valence-electron chi connectivity index (χ2n) is 14.1. The highest BCUT2D eigenvalue weighted by Crippen LogP contribution is 2.34. The van der Waals surface area contributed by atoms with Gasteiger partial charge in [0, 0.05) is 37.6 Å². The molecule has 3 atom stereocenters. The Bertz CT molecular complexity index is 2080. The second-order valence-corrected chi connectivity index (χ2v) is 18.8. The molecule has 0 amide bonds. The number of aliphatic hydroxyl groups excluding tert-OH is 1. The van der Waals surface area contributed by atoms with Crippen LogP contribution in [0.3, 0.4) is 0 Å². The van der Waals surface area contributed by atoms with Crippen molar-refractivity contribution in [2.45, 2.75) is 51.3 Å². The second kappa shape index (κ2) is 14.1. The molecule has 0 bridgehead atoms. The molecule has 0 aliphatic carbocycles. The number of aliphatic hydroxyl groups is 1. The fourth-order valence-corrected chi connectivity index (χ4v) is 11.8. The zero-order chi connectivity index (χ0) is 35.0. The number of hydrogen-bond donors (Lipinski definition) is 2. The summed E-state index contributed by atoms with van der Waals surface area (Å²) in [6.45, 7) is 11.2. The lowest BCUT2D eigenvalue weighted by molar-refractivity contribution is 0.126. The Balaban J connectivity index is 1.17. The van der Waals surface area contributed by atoms with Gasteiger partial charge in [-0.1, -0.05) is 92.7 Å². The molecule has 3 aromatic carbocycles. The number of thiazole rings is 1. The van der Waals surface area contributed by atoms with Gasteiger partial charge in [-0.15, -0.1) is 16.4 Å². The van der Waals surface area contributed by atoms with E-state index in [4.69, 9.17) is 15.1 Å². The Hall–Kier alpha value is -4.42. The van der Waals surface area contributed by atoms with Crippen LogP contribution in [0.4, 0.5) is 21.2 Å². The number of anilines is 3. The summed E-state index contributed by atoms with van der Waals surface area (Å²) in [5, 5.41) is 26.4. The van der Waals surface area contributed by atoms with Crippen LogP contribution in [-0.2, 0) is 6.42 Å². The van der Waals surface area contributed by atoms with E-state index in [1.807, 2.05) is 40.0 Å².